The van der Waals surface area contributed by atoms with E-state index in [0.717, 1.165) is 0 Å². The monoisotopic (exact) mass is 486 g/mol. The van der Waals surface area contributed by atoms with Crippen LogP contribution >= 0.6 is 35.3 Å². The number of hydrogen-bond donors (Lipinski definition) is 0. The topological polar surface area (TPSA) is 0 Å². The lowest BCUT2D eigenvalue weighted by atomic mass is 10.1. The molecule has 0 aliphatic heterocycles. The third-order valence-electron chi connectivity index (χ3n) is 6.25. The van der Waals surface area contributed by atoms with Crippen LogP contribution in [0, 0.1) is 41.5 Å². The van der Waals surface area contributed by atoms with Gasteiger partial charge in [0.25, 0.3) is 0 Å². The Morgan fingerprint density at radius 2 is 0.818 bits per heavy atom. The van der Waals surface area contributed by atoms with Gasteiger partial charge in [-0.2, -0.15) is 0 Å². The Bertz CT molecular complexity index is 1300. The van der Waals surface area contributed by atoms with Crippen LogP contribution in [0.1, 0.15) is 33.4 Å². The highest BCUT2D eigenvalue weighted by molar-refractivity contribution is 8.02. The van der Waals surface area contributed by atoms with Crippen LogP contribution in [0.3, 0.4) is 0 Å². The SMILES string of the molecule is Cc1cccc(Sc2ccc(Sc3cccc(C)c3C)c(Sc3cccc(C)c3C)c2)c1C. The summed E-state index contributed by atoms with van der Waals surface area (Å²) in [5, 5.41) is 0. The summed E-state index contributed by atoms with van der Waals surface area (Å²) in [4.78, 5) is 7.87. The molecular formula is C30H30S3. The van der Waals surface area contributed by atoms with Gasteiger partial charge in [-0.25, -0.2) is 0 Å². The van der Waals surface area contributed by atoms with Gasteiger partial charge in [-0.05, 0) is 111 Å². The lowest BCUT2D eigenvalue weighted by molar-refractivity contribution is 1.15. The molecule has 3 heteroatoms. The van der Waals surface area contributed by atoms with Crippen molar-refractivity contribution in [3.8, 4) is 0 Å². The fourth-order valence-corrected chi connectivity index (χ4v) is 6.98. The van der Waals surface area contributed by atoms with Crippen molar-refractivity contribution in [2.24, 2.45) is 0 Å². The fraction of sp³-hybridized carbons (Fsp3) is 0.200. The molecule has 0 aliphatic rings. The van der Waals surface area contributed by atoms with Crippen LogP contribution in [-0.2, 0) is 0 Å². The van der Waals surface area contributed by atoms with Gasteiger partial charge in [-0.15, -0.1) is 0 Å². The Labute approximate surface area is 211 Å². The van der Waals surface area contributed by atoms with E-state index in [-0.39, 0.29) is 0 Å². The highest BCUT2D eigenvalue weighted by Gasteiger charge is 2.13. The van der Waals surface area contributed by atoms with E-state index < -0.39 is 0 Å². The quantitative estimate of drug-likeness (QED) is 0.266. The second-order valence-corrected chi connectivity index (χ2v) is 11.8. The fourth-order valence-electron chi connectivity index (χ4n) is 3.58. The molecule has 0 amide bonds. The van der Waals surface area contributed by atoms with Gasteiger partial charge in [0.05, 0.1) is 0 Å². The maximum absolute atomic E-state index is 2.37. The van der Waals surface area contributed by atoms with Crippen molar-refractivity contribution in [2.45, 2.75) is 70.9 Å². The lowest BCUT2D eigenvalue weighted by Crippen LogP contribution is -1.89. The lowest BCUT2D eigenvalue weighted by Gasteiger charge is -2.15. The zero-order valence-corrected chi connectivity index (χ0v) is 22.6. The van der Waals surface area contributed by atoms with Crippen molar-refractivity contribution >= 4 is 35.3 Å². The summed E-state index contributed by atoms with van der Waals surface area (Å²) >= 11 is 5.62. The number of benzene rings is 4. The van der Waals surface area contributed by atoms with E-state index >= 15 is 0 Å². The number of rotatable bonds is 6. The molecule has 168 valence electrons. The molecule has 33 heavy (non-hydrogen) atoms. The maximum atomic E-state index is 2.37. The number of aryl methyl sites for hydroxylation is 3. The molecule has 0 N–H and O–H groups in total. The summed E-state index contributed by atoms with van der Waals surface area (Å²) in [6.07, 6.45) is 0. The van der Waals surface area contributed by atoms with Crippen LogP contribution in [0.15, 0.2) is 102 Å². The van der Waals surface area contributed by atoms with Crippen molar-refractivity contribution in [3.63, 3.8) is 0 Å². The van der Waals surface area contributed by atoms with Crippen molar-refractivity contribution in [3.05, 3.63) is 106 Å². The van der Waals surface area contributed by atoms with Gasteiger partial charge in [-0.1, -0.05) is 71.7 Å². The smallest absolute Gasteiger partial charge is 0.0273 e. The van der Waals surface area contributed by atoms with E-state index in [1.54, 1.807) is 0 Å². The highest BCUT2D eigenvalue weighted by Crippen LogP contribution is 2.44. The molecule has 4 aromatic rings. The first-order valence-corrected chi connectivity index (χ1v) is 13.6. The van der Waals surface area contributed by atoms with E-state index in [4.69, 9.17) is 0 Å². The molecule has 0 fully saturated rings. The minimum absolute atomic E-state index is 1.28. The Morgan fingerprint density at radius 3 is 1.30 bits per heavy atom. The third kappa shape index (κ3) is 5.54. The molecule has 4 aromatic carbocycles. The molecule has 0 atom stereocenters. The summed E-state index contributed by atoms with van der Waals surface area (Å²) in [7, 11) is 0. The summed E-state index contributed by atoms with van der Waals surface area (Å²) in [5.41, 5.74) is 8.10. The molecule has 0 bridgehead atoms. The van der Waals surface area contributed by atoms with Gasteiger partial charge >= 0.3 is 0 Å². The van der Waals surface area contributed by atoms with Gasteiger partial charge in [0, 0.05) is 29.4 Å². The van der Waals surface area contributed by atoms with Crippen molar-refractivity contribution in [2.75, 3.05) is 0 Å². The molecule has 0 aliphatic carbocycles. The van der Waals surface area contributed by atoms with Crippen LogP contribution in [0.25, 0.3) is 0 Å². The molecule has 0 aromatic heterocycles. The molecule has 0 saturated heterocycles. The van der Waals surface area contributed by atoms with E-state index in [2.05, 4.69) is 114 Å². The molecule has 0 nitrogen and oxygen atoms in total. The standard InChI is InChI=1S/C30H30S3/c1-19-10-7-13-26(22(19)4)31-25-16-17-29(32-27-14-8-11-20(2)23(27)5)30(18-25)33-28-15-9-12-21(3)24(28)6/h7-18H,1-6H3. The average Bonchev–Trinajstić information content (AvgIpc) is 2.79. The van der Waals surface area contributed by atoms with Gasteiger partial charge in [0.2, 0.25) is 0 Å². The summed E-state index contributed by atoms with van der Waals surface area (Å²) in [6, 6.07) is 26.7. The van der Waals surface area contributed by atoms with Gasteiger partial charge in [-0.3, -0.25) is 0 Å². The Hall–Kier alpha value is -2.07. The normalized spacial score (nSPS) is 11.1. The first kappa shape index (κ1) is 24.1. The Morgan fingerprint density at radius 1 is 0.394 bits per heavy atom. The van der Waals surface area contributed by atoms with Gasteiger partial charge in [0.1, 0.15) is 0 Å². The van der Waals surface area contributed by atoms with Gasteiger partial charge < -0.3 is 0 Å². The maximum Gasteiger partial charge on any atom is 0.0273 e. The minimum Gasteiger partial charge on any atom is -0.0898 e. The predicted octanol–water partition coefficient (Wildman–Crippen LogP) is 9.99. The number of hydrogen-bond acceptors (Lipinski definition) is 3. The van der Waals surface area contributed by atoms with E-state index in [9.17, 15) is 0 Å². The molecule has 0 radical (unpaired) electrons. The molecule has 0 saturated carbocycles. The van der Waals surface area contributed by atoms with Crippen LogP contribution in [0.4, 0.5) is 0 Å². The van der Waals surface area contributed by atoms with E-state index in [0.29, 0.717) is 0 Å². The Kier molecular flexibility index (Phi) is 7.63. The zero-order valence-electron chi connectivity index (χ0n) is 20.2. The van der Waals surface area contributed by atoms with Crippen LogP contribution in [-0.4, -0.2) is 0 Å². The zero-order chi connectivity index (χ0) is 23.5. The first-order valence-electron chi connectivity index (χ1n) is 11.2. The van der Waals surface area contributed by atoms with Gasteiger partial charge in [0.15, 0.2) is 0 Å². The summed E-state index contributed by atoms with van der Waals surface area (Å²) in [5.74, 6) is 0. The molecule has 4 rings (SSSR count). The predicted molar refractivity (Wildman–Crippen MR) is 147 cm³/mol. The molecular weight excluding hydrogens is 457 g/mol. The van der Waals surface area contributed by atoms with Crippen LogP contribution < -0.4 is 0 Å². The van der Waals surface area contributed by atoms with Crippen LogP contribution in [0.2, 0.25) is 0 Å². The summed E-state index contributed by atoms with van der Waals surface area (Å²) < 4.78 is 0. The largest absolute Gasteiger partial charge is 0.0898 e. The highest BCUT2D eigenvalue weighted by atomic mass is 32.2. The third-order valence-corrected chi connectivity index (χ3v) is 9.99. The van der Waals surface area contributed by atoms with Crippen molar-refractivity contribution in [1.82, 2.24) is 0 Å². The first-order chi connectivity index (χ1) is 15.8. The molecule has 0 heterocycles. The second kappa shape index (κ2) is 10.5. The second-order valence-electron chi connectivity index (χ2n) is 8.51. The average molecular weight is 487 g/mol. The minimum atomic E-state index is 1.28. The molecule has 0 unspecified atom stereocenters. The van der Waals surface area contributed by atoms with E-state index in [1.807, 2.05) is 35.3 Å². The van der Waals surface area contributed by atoms with Crippen molar-refractivity contribution < 1.29 is 0 Å². The van der Waals surface area contributed by atoms with Crippen LogP contribution in [0.5, 0.6) is 0 Å². The van der Waals surface area contributed by atoms with E-state index in [1.165, 1.54) is 62.8 Å². The Balaban J connectivity index is 1.74. The molecule has 0 spiro atoms. The van der Waals surface area contributed by atoms with Crippen molar-refractivity contribution in [1.29, 1.82) is 0 Å². The summed E-state index contributed by atoms with van der Waals surface area (Å²) in [6.45, 7) is 13.2.